The third-order valence-corrected chi connectivity index (χ3v) is 3.92. The maximum atomic E-state index is 12.7. The van der Waals surface area contributed by atoms with Gasteiger partial charge in [0, 0.05) is 15.7 Å². The molecule has 0 saturated heterocycles. The molecule has 0 fully saturated rings. The molecule has 10 heteroatoms. The van der Waals surface area contributed by atoms with Crippen LogP contribution in [0.4, 0.5) is 29.5 Å². The molecule has 27 heavy (non-hydrogen) atoms. The Bertz CT molecular complexity index is 959. The van der Waals surface area contributed by atoms with Crippen LogP contribution in [0.5, 0.6) is 0 Å². The topological polar surface area (TPSA) is 71.0 Å². The van der Waals surface area contributed by atoms with E-state index < -0.39 is 17.8 Å². The van der Waals surface area contributed by atoms with Gasteiger partial charge in [-0.1, -0.05) is 34.1 Å². The highest BCUT2D eigenvalue weighted by Crippen LogP contribution is 2.30. The molecule has 0 aliphatic heterocycles. The zero-order valence-electron chi connectivity index (χ0n) is 13.6. The number of carbonyl (C=O) groups is 1. The molecule has 2 aromatic carbocycles. The molecule has 0 bridgehead atoms. The number of alkyl halides is 3. The Morgan fingerprint density at radius 3 is 2.67 bits per heavy atom. The van der Waals surface area contributed by atoms with Gasteiger partial charge < -0.3 is 5.32 Å². The highest BCUT2D eigenvalue weighted by atomic mass is 79.9. The van der Waals surface area contributed by atoms with Gasteiger partial charge in [-0.2, -0.15) is 13.2 Å². The molecule has 140 valence electrons. The SMILES string of the molecule is O=C(Nc1cccc(C(F)(F)F)c1)Nc1c[n+](Cc2cccc(Br)c2)no1. The molecule has 1 heterocycles. The van der Waals surface area contributed by atoms with Crippen molar-refractivity contribution in [1.29, 1.82) is 0 Å². The molecule has 0 aliphatic carbocycles. The summed E-state index contributed by atoms with van der Waals surface area (Å²) in [5, 5.41) is 8.47. The van der Waals surface area contributed by atoms with Gasteiger partial charge in [0.2, 0.25) is 11.8 Å². The average molecular weight is 442 g/mol. The largest absolute Gasteiger partial charge is 0.416 e. The van der Waals surface area contributed by atoms with Crippen LogP contribution in [0.3, 0.4) is 0 Å². The summed E-state index contributed by atoms with van der Waals surface area (Å²) in [6.45, 7) is 0.417. The number of aromatic nitrogens is 2. The Balaban J connectivity index is 1.61. The number of anilines is 2. The van der Waals surface area contributed by atoms with Gasteiger partial charge in [0.05, 0.1) is 5.56 Å². The summed E-state index contributed by atoms with van der Waals surface area (Å²) in [6.07, 6.45) is -3.02. The monoisotopic (exact) mass is 441 g/mol. The van der Waals surface area contributed by atoms with Gasteiger partial charge in [0.15, 0.2) is 0 Å². The Morgan fingerprint density at radius 2 is 1.93 bits per heavy atom. The van der Waals surface area contributed by atoms with E-state index in [0.29, 0.717) is 6.54 Å². The number of benzene rings is 2. The second-order valence-corrected chi connectivity index (χ2v) is 6.47. The summed E-state index contributed by atoms with van der Waals surface area (Å²) in [4.78, 5) is 11.9. The quantitative estimate of drug-likeness (QED) is 0.588. The first-order valence-corrected chi connectivity index (χ1v) is 8.45. The standard InChI is InChI=1S/C17H12BrF3N4O2/c18-13-5-1-3-11(7-13)9-25-10-15(27-24-25)23-16(26)22-14-6-2-4-12(8-14)17(19,20)21/h1-8,10H,9H2,(H-,22,23,24,26)/p+1. The van der Waals surface area contributed by atoms with Crippen molar-refractivity contribution in [3.8, 4) is 0 Å². The maximum absolute atomic E-state index is 12.7. The summed E-state index contributed by atoms with van der Waals surface area (Å²) >= 11 is 3.37. The van der Waals surface area contributed by atoms with Gasteiger partial charge in [-0.15, -0.1) is 0 Å². The fourth-order valence-corrected chi connectivity index (χ4v) is 2.73. The van der Waals surface area contributed by atoms with Crippen LogP contribution in [0.25, 0.3) is 0 Å². The minimum Gasteiger partial charge on any atom is -0.308 e. The Kier molecular flexibility index (Phi) is 5.45. The van der Waals surface area contributed by atoms with Crippen LogP contribution in [0.1, 0.15) is 11.1 Å². The number of carbonyl (C=O) groups excluding carboxylic acids is 1. The van der Waals surface area contributed by atoms with Gasteiger partial charge >= 0.3 is 18.1 Å². The van der Waals surface area contributed by atoms with Crippen molar-refractivity contribution >= 4 is 33.5 Å². The van der Waals surface area contributed by atoms with E-state index in [4.69, 9.17) is 4.52 Å². The molecular formula is C17H13BrF3N4O2+. The van der Waals surface area contributed by atoms with Crippen LogP contribution in [0.2, 0.25) is 0 Å². The average Bonchev–Trinajstić information content (AvgIpc) is 3.01. The van der Waals surface area contributed by atoms with E-state index in [-0.39, 0.29) is 11.6 Å². The predicted octanol–water partition coefficient (Wildman–Crippen LogP) is 4.44. The highest BCUT2D eigenvalue weighted by Gasteiger charge is 2.30. The number of hydrogen-bond acceptors (Lipinski definition) is 3. The van der Waals surface area contributed by atoms with Crippen molar-refractivity contribution in [2.24, 2.45) is 0 Å². The fourth-order valence-electron chi connectivity index (χ4n) is 2.28. The van der Waals surface area contributed by atoms with Crippen LogP contribution >= 0.6 is 15.9 Å². The number of nitrogens with zero attached hydrogens (tertiary/aromatic N) is 2. The zero-order valence-corrected chi connectivity index (χ0v) is 15.2. The number of halogens is 4. The zero-order chi connectivity index (χ0) is 19.4. The first-order valence-electron chi connectivity index (χ1n) is 7.66. The predicted molar refractivity (Wildman–Crippen MR) is 94.0 cm³/mol. The fraction of sp³-hybridized carbons (Fsp3) is 0.118. The lowest BCUT2D eigenvalue weighted by Gasteiger charge is -2.09. The van der Waals surface area contributed by atoms with Crippen molar-refractivity contribution in [2.75, 3.05) is 10.6 Å². The molecule has 1 aromatic heterocycles. The number of urea groups is 1. The van der Waals surface area contributed by atoms with Crippen molar-refractivity contribution in [3.05, 3.63) is 70.3 Å². The van der Waals surface area contributed by atoms with Crippen LogP contribution in [-0.4, -0.2) is 11.3 Å². The van der Waals surface area contributed by atoms with Crippen molar-refractivity contribution in [1.82, 2.24) is 5.27 Å². The maximum Gasteiger partial charge on any atom is 0.416 e. The smallest absolute Gasteiger partial charge is 0.308 e. The summed E-state index contributed by atoms with van der Waals surface area (Å²) < 4.78 is 45.5. The first-order chi connectivity index (χ1) is 12.8. The molecule has 0 spiro atoms. The molecule has 0 aliphatic rings. The number of nitrogens with one attached hydrogen (secondary N) is 2. The van der Waals surface area contributed by atoms with Crippen molar-refractivity contribution < 1.29 is 27.2 Å². The Morgan fingerprint density at radius 1 is 1.15 bits per heavy atom. The van der Waals surface area contributed by atoms with E-state index in [0.717, 1.165) is 22.2 Å². The normalized spacial score (nSPS) is 11.3. The molecule has 2 N–H and O–H groups in total. The second kappa shape index (κ2) is 7.78. The molecule has 3 aromatic rings. The van der Waals surface area contributed by atoms with Crippen LogP contribution in [0.15, 0.2) is 63.7 Å². The van der Waals surface area contributed by atoms with Gasteiger partial charge in [0.1, 0.15) is 0 Å². The third kappa shape index (κ3) is 5.30. The molecule has 3 rings (SSSR count). The van der Waals surface area contributed by atoms with Crippen LogP contribution in [-0.2, 0) is 12.7 Å². The van der Waals surface area contributed by atoms with Gasteiger partial charge in [-0.25, -0.2) is 4.79 Å². The van der Waals surface area contributed by atoms with Crippen LogP contribution < -0.4 is 15.3 Å². The van der Waals surface area contributed by atoms with E-state index in [1.54, 1.807) is 0 Å². The van der Waals surface area contributed by atoms with Gasteiger partial charge in [0.25, 0.3) is 6.20 Å². The highest BCUT2D eigenvalue weighted by molar-refractivity contribution is 9.10. The number of amides is 2. The van der Waals surface area contributed by atoms with E-state index in [2.05, 4.69) is 31.8 Å². The van der Waals surface area contributed by atoms with Crippen molar-refractivity contribution in [3.63, 3.8) is 0 Å². The second-order valence-electron chi connectivity index (χ2n) is 5.55. The van der Waals surface area contributed by atoms with Gasteiger partial charge in [-0.3, -0.25) is 9.84 Å². The summed E-state index contributed by atoms with van der Waals surface area (Å²) in [5.74, 6) is 0.0504. The lowest BCUT2D eigenvalue weighted by molar-refractivity contribution is -0.754. The lowest BCUT2D eigenvalue weighted by atomic mass is 10.2. The summed E-state index contributed by atoms with van der Waals surface area (Å²) in [6, 6.07) is 11.2. The molecular weight excluding hydrogens is 429 g/mol. The lowest BCUT2D eigenvalue weighted by Crippen LogP contribution is -2.35. The minimum absolute atomic E-state index is 0.00357. The molecule has 0 saturated carbocycles. The Labute approximate surface area is 160 Å². The summed E-state index contributed by atoms with van der Waals surface area (Å²) in [7, 11) is 0. The van der Waals surface area contributed by atoms with E-state index >= 15 is 0 Å². The Hall–Kier alpha value is -2.88. The third-order valence-electron chi connectivity index (χ3n) is 3.43. The summed E-state index contributed by atoms with van der Waals surface area (Å²) in [5.41, 5.74) is 0.110. The molecule has 0 atom stereocenters. The van der Waals surface area contributed by atoms with E-state index in [9.17, 15) is 18.0 Å². The molecule has 0 radical (unpaired) electrons. The number of hydrogen-bond donors (Lipinski definition) is 2. The van der Waals surface area contributed by atoms with E-state index in [1.807, 2.05) is 24.3 Å². The molecule has 6 nitrogen and oxygen atoms in total. The first kappa shape index (κ1) is 18.9. The van der Waals surface area contributed by atoms with Crippen molar-refractivity contribution in [2.45, 2.75) is 12.7 Å². The molecule has 2 amide bonds. The minimum atomic E-state index is -4.49. The molecule has 0 unspecified atom stereocenters. The van der Waals surface area contributed by atoms with Crippen LogP contribution in [0, 0.1) is 0 Å². The van der Waals surface area contributed by atoms with Gasteiger partial charge in [-0.05, 0) is 35.0 Å². The van der Waals surface area contributed by atoms with E-state index in [1.165, 1.54) is 23.0 Å². The number of rotatable bonds is 4.